The molecule has 14 heavy (non-hydrogen) atoms. The van der Waals surface area contributed by atoms with Gasteiger partial charge in [-0.25, -0.2) is 4.98 Å². The number of anilines is 1. The summed E-state index contributed by atoms with van der Waals surface area (Å²) in [5.41, 5.74) is 2.94. The molecule has 0 saturated carbocycles. The molecule has 0 radical (unpaired) electrons. The highest BCUT2D eigenvalue weighted by molar-refractivity contribution is 5.57. The summed E-state index contributed by atoms with van der Waals surface area (Å²) in [4.78, 5) is 6.60. The topological polar surface area (TPSA) is 36.4 Å². The fourth-order valence-electron chi connectivity index (χ4n) is 2.08. The lowest BCUT2D eigenvalue weighted by Gasteiger charge is -2.28. The van der Waals surface area contributed by atoms with Crippen molar-refractivity contribution in [3.05, 3.63) is 16.8 Å². The molecule has 0 aromatic carbocycles. The molecule has 1 N–H and O–H groups in total. The van der Waals surface area contributed by atoms with E-state index in [1.54, 1.807) is 0 Å². The minimum absolute atomic E-state index is 0.360. The van der Waals surface area contributed by atoms with E-state index in [2.05, 4.69) is 16.9 Å². The third-order valence-corrected chi connectivity index (χ3v) is 2.98. The predicted octanol–water partition coefficient (Wildman–Crippen LogP) is 1.79. The summed E-state index contributed by atoms with van der Waals surface area (Å²) >= 11 is 0. The molecule has 76 valence electrons. The maximum absolute atomic E-state index is 9.77. The number of aryl methyl sites for hydroxylation is 1. The van der Waals surface area contributed by atoms with Gasteiger partial charge in [-0.1, -0.05) is 0 Å². The third-order valence-electron chi connectivity index (χ3n) is 2.98. The van der Waals surface area contributed by atoms with E-state index >= 15 is 0 Å². The number of nitrogens with zero attached hydrogens (tertiary/aromatic N) is 2. The van der Waals surface area contributed by atoms with Crippen molar-refractivity contribution in [2.24, 2.45) is 0 Å². The van der Waals surface area contributed by atoms with Crippen molar-refractivity contribution in [2.75, 3.05) is 18.5 Å². The summed E-state index contributed by atoms with van der Waals surface area (Å²) < 4.78 is 0. The number of rotatable bonds is 0. The van der Waals surface area contributed by atoms with Crippen molar-refractivity contribution in [3.63, 3.8) is 0 Å². The SMILES string of the molecule is Cc1nc2c(c(C)c1O)CCCN2C. The van der Waals surface area contributed by atoms with Crippen LogP contribution < -0.4 is 4.90 Å². The smallest absolute Gasteiger partial charge is 0.140 e. The first kappa shape index (κ1) is 9.31. The summed E-state index contributed by atoms with van der Waals surface area (Å²) in [5.74, 6) is 1.41. The van der Waals surface area contributed by atoms with Gasteiger partial charge in [-0.2, -0.15) is 0 Å². The lowest BCUT2D eigenvalue weighted by molar-refractivity contribution is 0.461. The second kappa shape index (κ2) is 3.15. The van der Waals surface area contributed by atoms with Crippen molar-refractivity contribution in [1.29, 1.82) is 0 Å². The first-order valence-corrected chi connectivity index (χ1v) is 5.01. The Morgan fingerprint density at radius 2 is 2.07 bits per heavy atom. The lowest BCUT2D eigenvalue weighted by Crippen LogP contribution is -2.26. The maximum atomic E-state index is 9.77. The molecule has 2 heterocycles. The average molecular weight is 192 g/mol. The van der Waals surface area contributed by atoms with Crippen molar-refractivity contribution in [2.45, 2.75) is 26.7 Å². The molecule has 0 saturated heterocycles. The van der Waals surface area contributed by atoms with Gasteiger partial charge in [-0.15, -0.1) is 0 Å². The summed E-state index contributed by atoms with van der Waals surface area (Å²) in [6.07, 6.45) is 2.18. The minimum Gasteiger partial charge on any atom is -0.506 e. The molecule has 1 aromatic heterocycles. The van der Waals surface area contributed by atoms with Crippen LogP contribution >= 0.6 is 0 Å². The number of aromatic nitrogens is 1. The molecule has 0 aliphatic carbocycles. The van der Waals surface area contributed by atoms with Crippen LogP contribution in [0.4, 0.5) is 5.82 Å². The normalized spacial score (nSPS) is 15.5. The van der Waals surface area contributed by atoms with Crippen LogP contribution in [0.15, 0.2) is 0 Å². The number of aromatic hydroxyl groups is 1. The molecule has 0 amide bonds. The van der Waals surface area contributed by atoms with E-state index in [9.17, 15) is 5.11 Å². The van der Waals surface area contributed by atoms with Gasteiger partial charge in [-0.3, -0.25) is 0 Å². The van der Waals surface area contributed by atoms with E-state index in [0.29, 0.717) is 5.75 Å². The predicted molar refractivity (Wildman–Crippen MR) is 57.0 cm³/mol. The zero-order valence-electron chi connectivity index (χ0n) is 8.96. The summed E-state index contributed by atoms with van der Waals surface area (Å²) in [6, 6.07) is 0. The van der Waals surface area contributed by atoms with Gasteiger partial charge in [0.1, 0.15) is 11.6 Å². The highest BCUT2D eigenvalue weighted by atomic mass is 16.3. The highest BCUT2D eigenvalue weighted by Gasteiger charge is 2.20. The van der Waals surface area contributed by atoms with Crippen molar-refractivity contribution < 1.29 is 5.11 Å². The maximum Gasteiger partial charge on any atom is 0.140 e. The largest absolute Gasteiger partial charge is 0.506 e. The Labute approximate surface area is 84.4 Å². The molecule has 0 unspecified atom stereocenters. The first-order valence-electron chi connectivity index (χ1n) is 5.01. The Bertz CT molecular complexity index is 374. The zero-order chi connectivity index (χ0) is 10.3. The minimum atomic E-state index is 0.360. The van der Waals surface area contributed by atoms with Crippen LogP contribution in [0.5, 0.6) is 5.75 Å². The van der Waals surface area contributed by atoms with Crippen molar-refractivity contribution in [3.8, 4) is 5.75 Å². The molecule has 3 nitrogen and oxygen atoms in total. The van der Waals surface area contributed by atoms with E-state index in [0.717, 1.165) is 36.5 Å². The van der Waals surface area contributed by atoms with Crippen LogP contribution in [-0.2, 0) is 6.42 Å². The molecule has 3 heteroatoms. The third kappa shape index (κ3) is 1.24. The molecule has 0 bridgehead atoms. The fraction of sp³-hybridized carbons (Fsp3) is 0.545. The Balaban J connectivity index is 2.63. The molecule has 2 rings (SSSR count). The lowest BCUT2D eigenvalue weighted by atomic mass is 9.99. The van der Waals surface area contributed by atoms with Crippen LogP contribution in [0.1, 0.15) is 23.2 Å². The van der Waals surface area contributed by atoms with Gasteiger partial charge in [0.2, 0.25) is 0 Å². The zero-order valence-corrected chi connectivity index (χ0v) is 8.96. The standard InChI is InChI=1S/C11H16N2O/c1-7-9-5-4-6-13(3)11(9)12-8(2)10(7)14/h14H,4-6H2,1-3H3. The van der Waals surface area contributed by atoms with E-state index < -0.39 is 0 Å². The quantitative estimate of drug-likeness (QED) is 0.680. The van der Waals surface area contributed by atoms with Crippen LogP contribution in [0, 0.1) is 13.8 Å². The second-order valence-electron chi connectivity index (χ2n) is 4.00. The fourth-order valence-corrected chi connectivity index (χ4v) is 2.08. The van der Waals surface area contributed by atoms with Gasteiger partial charge >= 0.3 is 0 Å². The second-order valence-corrected chi connectivity index (χ2v) is 4.00. The summed E-state index contributed by atoms with van der Waals surface area (Å²) in [5, 5.41) is 9.77. The van der Waals surface area contributed by atoms with Crippen LogP contribution in [0.25, 0.3) is 0 Å². The van der Waals surface area contributed by atoms with Crippen LogP contribution in [0.2, 0.25) is 0 Å². The van der Waals surface area contributed by atoms with E-state index in [4.69, 9.17) is 0 Å². The number of fused-ring (bicyclic) bond motifs is 1. The molecule has 1 aliphatic heterocycles. The Morgan fingerprint density at radius 3 is 2.79 bits per heavy atom. The summed E-state index contributed by atoms with van der Waals surface area (Å²) in [7, 11) is 2.06. The highest BCUT2D eigenvalue weighted by Crippen LogP contribution is 2.33. The van der Waals surface area contributed by atoms with Crippen LogP contribution in [0.3, 0.4) is 0 Å². The Kier molecular flexibility index (Phi) is 2.10. The van der Waals surface area contributed by atoms with Gasteiger partial charge in [0.05, 0.1) is 5.69 Å². The molecule has 0 atom stereocenters. The summed E-state index contributed by atoms with van der Waals surface area (Å²) in [6.45, 7) is 4.89. The monoisotopic (exact) mass is 192 g/mol. The molecular weight excluding hydrogens is 176 g/mol. The van der Waals surface area contributed by atoms with Gasteiger partial charge in [0.25, 0.3) is 0 Å². The van der Waals surface area contributed by atoms with Gasteiger partial charge < -0.3 is 10.0 Å². The van der Waals surface area contributed by atoms with Crippen molar-refractivity contribution >= 4 is 5.82 Å². The van der Waals surface area contributed by atoms with Gasteiger partial charge in [0, 0.05) is 19.2 Å². The average Bonchev–Trinajstić information content (AvgIpc) is 2.17. The number of hydrogen-bond acceptors (Lipinski definition) is 3. The first-order chi connectivity index (χ1) is 6.61. The van der Waals surface area contributed by atoms with Gasteiger partial charge in [-0.05, 0) is 32.3 Å². The van der Waals surface area contributed by atoms with E-state index in [1.807, 2.05) is 13.8 Å². The number of hydrogen-bond donors (Lipinski definition) is 1. The molecule has 1 aliphatic rings. The molecule has 0 fully saturated rings. The molecule has 0 spiro atoms. The van der Waals surface area contributed by atoms with E-state index in [1.165, 1.54) is 5.56 Å². The van der Waals surface area contributed by atoms with E-state index in [-0.39, 0.29) is 0 Å². The van der Waals surface area contributed by atoms with Gasteiger partial charge in [0.15, 0.2) is 0 Å². The Hall–Kier alpha value is -1.25. The Morgan fingerprint density at radius 1 is 1.36 bits per heavy atom. The molecule has 1 aromatic rings. The number of pyridine rings is 1. The van der Waals surface area contributed by atoms with Crippen LogP contribution in [-0.4, -0.2) is 23.7 Å². The van der Waals surface area contributed by atoms with Crippen molar-refractivity contribution in [1.82, 2.24) is 4.98 Å². The molecular formula is C11H16N2O.